The predicted molar refractivity (Wildman–Crippen MR) is 108 cm³/mol. The minimum absolute atomic E-state index is 0.545. The first-order valence-electron chi connectivity index (χ1n) is 9.79. The molecule has 3 aromatic rings. The lowest BCUT2D eigenvalue weighted by Crippen LogP contribution is -2.47. The lowest BCUT2D eigenvalue weighted by molar-refractivity contribution is 0.109. The van der Waals surface area contributed by atoms with Crippen molar-refractivity contribution in [3.63, 3.8) is 0 Å². The summed E-state index contributed by atoms with van der Waals surface area (Å²) in [5.74, 6) is 2.54. The SMILES string of the molecule is N#Cc1cc2c(nc1N1CCN(c3cccc(-n4cccn4)n3)CC1)CCOC2. The Kier molecular flexibility index (Phi) is 4.58. The van der Waals surface area contributed by atoms with Crippen LogP contribution in [0.1, 0.15) is 16.8 Å². The molecule has 0 radical (unpaired) electrons. The van der Waals surface area contributed by atoms with Crippen LogP contribution in [-0.4, -0.2) is 52.5 Å². The van der Waals surface area contributed by atoms with Crippen molar-refractivity contribution < 1.29 is 4.74 Å². The Morgan fingerprint density at radius 2 is 1.83 bits per heavy atom. The Bertz CT molecular complexity index is 1050. The fourth-order valence-electron chi connectivity index (χ4n) is 3.87. The molecule has 29 heavy (non-hydrogen) atoms. The highest BCUT2D eigenvalue weighted by Gasteiger charge is 2.24. The third-order valence-corrected chi connectivity index (χ3v) is 5.39. The van der Waals surface area contributed by atoms with Gasteiger partial charge in [0.15, 0.2) is 5.82 Å². The molecule has 5 rings (SSSR count). The fraction of sp³-hybridized carbons (Fsp3) is 0.333. The molecule has 0 atom stereocenters. The number of piperazine rings is 1. The van der Waals surface area contributed by atoms with Crippen LogP contribution < -0.4 is 9.80 Å². The Morgan fingerprint density at radius 3 is 2.62 bits per heavy atom. The normalized spacial score (nSPS) is 16.4. The fourth-order valence-corrected chi connectivity index (χ4v) is 3.87. The molecule has 8 nitrogen and oxygen atoms in total. The minimum Gasteiger partial charge on any atom is -0.376 e. The number of hydrogen-bond donors (Lipinski definition) is 0. The molecule has 0 saturated carbocycles. The van der Waals surface area contributed by atoms with Crippen molar-refractivity contribution in [3.8, 4) is 11.9 Å². The van der Waals surface area contributed by atoms with E-state index in [-0.39, 0.29) is 0 Å². The molecule has 3 aromatic heterocycles. The first kappa shape index (κ1) is 17.6. The second-order valence-corrected chi connectivity index (χ2v) is 7.16. The summed E-state index contributed by atoms with van der Waals surface area (Å²) in [7, 11) is 0. The molecule has 2 aliphatic heterocycles. The van der Waals surface area contributed by atoms with Crippen LogP contribution in [0.15, 0.2) is 42.7 Å². The van der Waals surface area contributed by atoms with E-state index in [1.165, 1.54) is 0 Å². The number of aromatic nitrogens is 4. The highest BCUT2D eigenvalue weighted by Crippen LogP contribution is 2.26. The maximum atomic E-state index is 9.62. The van der Waals surface area contributed by atoms with E-state index < -0.39 is 0 Å². The quantitative estimate of drug-likeness (QED) is 0.679. The zero-order valence-corrected chi connectivity index (χ0v) is 16.0. The topological polar surface area (TPSA) is 83.1 Å². The molecular weight excluding hydrogens is 366 g/mol. The van der Waals surface area contributed by atoms with Crippen LogP contribution in [0, 0.1) is 11.3 Å². The highest BCUT2D eigenvalue weighted by atomic mass is 16.5. The number of ether oxygens (including phenoxy) is 1. The van der Waals surface area contributed by atoms with Gasteiger partial charge in [0.25, 0.3) is 0 Å². The van der Waals surface area contributed by atoms with Crippen LogP contribution >= 0.6 is 0 Å². The molecule has 1 fully saturated rings. The summed E-state index contributed by atoms with van der Waals surface area (Å²) in [5, 5.41) is 13.9. The Balaban J connectivity index is 1.34. The summed E-state index contributed by atoms with van der Waals surface area (Å²) < 4.78 is 7.26. The lowest BCUT2D eigenvalue weighted by Gasteiger charge is -2.36. The van der Waals surface area contributed by atoms with Gasteiger partial charge >= 0.3 is 0 Å². The van der Waals surface area contributed by atoms with Crippen molar-refractivity contribution in [1.82, 2.24) is 19.7 Å². The molecule has 0 spiro atoms. The van der Waals surface area contributed by atoms with Crippen molar-refractivity contribution in [2.75, 3.05) is 42.6 Å². The van der Waals surface area contributed by atoms with Gasteiger partial charge in [-0.15, -0.1) is 0 Å². The van der Waals surface area contributed by atoms with E-state index in [0.717, 1.165) is 61.3 Å². The molecule has 2 aliphatic rings. The monoisotopic (exact) mass is 387 g/mol. The van der Waals surface area contributed by atoms with Crippen molar-refractivity contribution in [3.05, 3.63) is 59.5 Å². The van der Waals surface area contributed by atoms with Crippen LogP contribution in [0.25, 0.3) is 5.82 Å². The number of anilines is 2. The molecule has 0 aromatic carbocycles. The largest absolute Gasteiger partial charge is 0.376 e. The number of fused-ring (bicyclic) bond motifs is 1. The highest BCUT2D eigenvalue weighted by molar-refractivity contribution is 5.57. The van der Waals surface area contributed by atoms with E-state index in [0.29, 0.717) is 18.8 Å². The van der Waals surface area contributed by atoms with Crippen molar-refractivity contribution in [2.24, 2.45) is 0 Å². The first-order chi connectivity index (χ1) is 14.3. The second-order valence-electron chi connectivity index (χ2n) is 7.16. The van der Waals surface area contributed by atoms with Gasteiger partial charge < -0.3 is 14.5 Å². The first-order valence-corrected chi connectivity index (χ1v) is 9.79. The molecule has 0 N–H and O–H groups in total. The molecule has 146 valence electrons. The average molecular weight is 387 g/mol. The Morgan fingerprint density at radius 1 is 1.00 bits per heavy atom. The summed E-state index contributed by atoms with van der Waals surface area (Å²) >= 11 is 0. The van der Waals surface area contributed by atoms with Gasteiger partial charge in [-0.1, -0.05) is 6.07 Å². The standard InChI is InChI=1S/C21H21N7O/c22-14-16-13-17-15-29-12-5-18(17)24-21(16)27-10-8-26(9-11-27)19-3-1-4-20(25-19)28-7-2-6-23-28/h1-4,6-7,13H,5,8-12,15H2. The van der Waals surface area contributed by atoms with Gasteiger partial charge in [-0.25, -0.2) is 14.6 Å². The summed E-state index contributed by atoms with van der Waals surface area (Å²) in [6.45, 7) is 4.47. The molecule has 0 unspecified atom stereocenters. The van der Waals surface area contributed by atoms with Gasteiger partial charge in [-0.2, -0.15) is 10.4 Å². The summed E-state index contributed by atoms with van der Waals surface area (Å²) in [6.07, 6.45) is 4.44. The lowest BCUT2D eigenvalue weighted by atomic mass is 10.1. The molecule has 0 amide bonds. The molecule has 8 heteroatoms. The predicted octanol–water partition coefficient (Wildman–Crippen LogP) is 1.93. The summed E-state index contributed by atoms with van der Waals surface area (Å²) in [6, 6.07) is 12.1. The van der Waals surface area contributed by atoms with E-state index in [4.69, 9.17) is 14.7 Å². The molecular formula is C21H21N7O. The zero-order valence-electron chi connectivity index (χ0n) is 16.0. The molecule has 0 bridgehead atoms. The van der Waals surface area contributed by atoms with Gasteiger partial charge in [0.1, 0.15) is 17.7 Å². The van der Waals surface area contributed by atoms with Crippen LogP contribution in [0.5, 0.6) is 0 Å². The maximum absolute atomic E-state index is 9.62. The van der Waals surface area contributed by atoms with Crippen molar-refractivity contribution in [2.45, 2.75) is 13.0 Å². The molecule has 0 aliphatic carbocycles. The third-order valence-electron chi connectivity index (χ3n) is 5.39. The van der Waals surface area contributed by atoms with Gasteiger partial charge in [-0.3, -0.25) is 0 Å². The number of pyridine rings is 2. The van der Waals surface area contributed by atoms with Crippen LogP contribution in [0.4, 0.5) is 11.6 Å². The number of nitrogens with zero attached hydrogens (tertiary/aromatic N) is 7. The Hall–Kier alpha value is -3.44. The van der Waals surface area contributed by atoms with Crippen LogP contribution in [0.3, 0.4) is 0 Å². The van der Waals surface area contributed by atoms with Gasteiger partial charge in [0.2, 0.25) is 0 Å². The van der Waals surface area contributed by atoms with Crippen molar-refractivity contribution in [1.29, 1.82) is 5.26 Å². The van der Waals surface area contributed by atoms with E-state index in [1.807, 2.05) is 36.5 Å². The van der Waals surface area contributed by atoms with Crippen molar-refractivity contribution >= 4 is 11.6 Å². The maximum Gasteiger partial charge on any atom is 0.155 e. The van der Waals surface area contributed by atoms with E-state index in [1.54, 1.807) is 10.9 Å². The van der Waals surface area contributed by atoms with Crippen LogP contribution in [-0.2, 0) is 17.8 Å². The third kappa shape index (κ3) is 3.41. The number of nitriles is 1. The zero-order chi connectivity index (χ0) is 19.6. The van der Waals surface area contributed by atoms with Gasteiger partial charge in [0.05, 0.1) is 24.5 Å². The molecule has 5 heterocycles. The summed E-state index contributed by atoms with van der Waals surface area (Å²) in [5.41, 5.74) is 2.72. The minimum atomic E-state index is 0.545. The smallest absolute Gasteiger partial charge is 0.155 e. The Labute approximate surface area is 169 Å². The van der Waals surface area contributed by atoms with Gasteiger partial charge in [-0.05, 0) is 24.3 Å². The second kappa shape index (κ2) is 7.53. The number of rotatable bonds is 3. The van der Waals surface area contributed by atoms with Gasteiger partial charge in [0, 0.05) is 50.6 Å². The van der Waals surface area contributed by atoms with E-state index in [9.17, 15) is 5.26 Å². The number of hydrogen-bond acceptors (Lipinski definition) is 7. The van der Waals surface area contributed by atoms with Crippen LogP contribution in [0.2, 0.25) is 0 Å². The van der Waals surface area contributed by atoms with E-state index in [2.05, 4.69) is 21.0 Å². The average Bonchev–Trinajstić information content (AvgIpc) is 3.33. The van der Waals surface area contributed by atoms with E-state index >= 15 is 0 Å². The molecule has 1 saturated heterocycles. The summed E-state index contributed by atoms with van der Waals surface area (Å²) in [4.78, 5) is 14.1.